The van der Waals surface area contributed by atoms with Crippen molar-refractivity contribution in [3.8, 4) is 0 Å². The van der Waals surface area contributed by atoms with Crippen LogP contribution in [0.2, 0.25) is 4.34 Å². The molecular formula is C9H11BrClNOS. The third-order valence-electron chi connectivity index (χ3n) is 1.59. The van der Waals surface area contributed by atoms with Crippen LogP contribution in [0, 0.1) is 0 Å². The van der Waals surface area contributed by atoms with Crippen molar-refractivity contribution in [2.75, 3.05) is 0 Å². The smallest absolute Gasteiger partial charge is 0.236 e. The normalized spacial score (nSPS) is 11.4. The first-order chi connectivity index (χ1) is 6.39. The van der Waals surface area contributed by atoms with Crippen molar-refractivity contribution in [1.29, 1.82) is 0 Å². The predicted octanol–water partition coefficient (Wildman–Crippen LogP) is 3.19. The molecule has 0 unspecified atom stereocenters. The topological polar surface area (TPSA) is 29.1 Å². The molecule has 1 aromatic heterocycles. The first kappa shape index (κ1) is 12.0. The Balaban J connectivity index is 2.46. The zero-order chi connectivity index (χ0) is 10.8. The molecule has 0 spiro atoms. The van der Waals surface area contributed by atoms with E-state index < -0.39 is 4.32 Å². The van der Waals surface area contributed by atoms with E-state index in [0.29, 0.717) is 6.54 Å². The van der Waals surface area contributed by atoms with Crippen LogP contribution in [0.5, 0.6) is 0 Å². The fourth-order valence-corrected chi connectivity index (χ4v) is 1.99. The van der Waals surface area contributed by atoms with E-state index in [1.807, 2.05) is 26.0 Å². The molecular weight excluding hydrogens is 286 g/mol. The van der Waals surface area contributed by atoms with Gasteiger partial charge in [0.25, 0.3) is 0 Å². The molecule has 78 valence electrons. The largest absolute Gasteiger partial charge is 0.350 e. The maximum Gasteiger partial charge on any atom is 0.236 e. The highest BCUT2D eigenvalue weighted by Gasteiger charge is 2.22. The minimum atomic E-state index is -0.520. The first-order valence-corrected chi connectivity index (χ1v) is 6.10. The fourth-order valence-electron chi connectivity index (χ4n) is 0.824. The van der Waals surface area contributed by atoms with Crippen LogP contribution < -0.4 is 5.32 Å². The standard InChI is InChI=1S/C9H11BrClNOS/c1-9(2,10)8(13)12-5-6-3-4-7(11)14-6/h3-4H,5H2,1-2H3,(H,12,13). The van der Waals surface area contributed by atoms with Crippen LogP contribution in [0.15, 0.2) is 12.1 Å². The van der Waals surface area contributed by atoms with E-state index in [-0.39, 0.29) is 5.91 Å². The monoisotopic (exact) mass is 295 g/mol. The van der Waals surface area contributed by atoms with Crippen LogP contribution in [-0.4, -0.2) is 10.2 Å². The Morgan fingerprint density at radius 3 is 2.71 bits per heavy atom. The van der Waals surface area contributed by atoms with Crippen molar-refractivity contribution in [2.45, 2.75) is 24.7 Å². The van der Waals surface area contributed by atoms with Gasteiger partial charge in [-0.15, -0.1) is 11.3 Å². The molecule has 14 heavy (non-hydrogen) atoms. The fraction of sp³-hybridized carbons (Fsp3) is 0.444. The summed E-state index contributed by atoms with van der Waals surface area (Å²) < 4.78 is 0.223. The second-order valence-electron chi connectivity index (χ2n) is 3.36. The Morgan fingerprint density at radius 2 is 2.29 bits per heavy atom. The van der Waals surface area contributed by atoms with Crippen LogP contribution >= 0.6 is 38.9 Å². The van der Waals surface area contributed by atoms with Crippen molar-refractivity contribution in [2.24, 2.45) is 0 Å². The number of nitrogens with one attached hydrogen (secondary N) is 1. The molecule has 0 aliphatic rings. The number of rotatable bonds is 3. The molecule has 2 nitrogen and oxygen atoms in total. The lowest BCUT2D eigenvalue weighted by atomic mass is 10.2. The molecule has 5 heteroatoms. The molecule has 1 rings (SSSR count). The van der Waals surface area contributed by atoms with Gasteiger partial charge in [-0.3, -0.25) is 4.79 Å². The molecule has 0 radical (unpaired) electrons. The van der Waals surface area contributed by atoms with Gasteiger partial charge in [0.2, 0.25) is 5.91 Å². The van der Waals surface area contributed by atoms with Gasteiger partial charge in [-0.25, -0.2) is 0 Å². The van der Waals surface area contributed by atoms with Gasteiger partial charge < -0.3 is 5.32 Å². The van der Waals surface area contributed by atoms with Crippen LogP contribution in [0.25, 0.3) is 0 Å². The van der Waals surface area contributed by atoms with E-state index in [0.717, 1.165) is 9.21 Å². The highest BCUT2D eigenvalue weighted by Crippen LogP contribution is 2.21. The summed E-state index contributed by atoms with van der Waals surface area (Å²) in [5.41, 5.74) is 0. The average molecular weight is 297 g/mol. The number of halogens is 2. The molecule has 0 saturated heterocycles. The number of carbonyl (C=O) groups is 1. The highest BCUT2D eigenvalue weighted by atomic mass is 79.9. The Labute approximate surface area is 101 Å². The van der Waals surface area contributed by atoms with Gasteiger partial charge in [-0.05, 0) is 26.0 Å². The van der Waals surface area contributed by atoms with E-state index >= 15 is 0 Å². The number of carbonyl (C=O) groups excluding carboxylic acids is 1. The Bertz CT molecular complexity index is 332. The Morgan fingerprint density at radius 1 is 1.64 bits per heavy atom. The summed E-state index contributed by atoms with van der Waals surface area (Å²) in [7, 11) is 0. The van der Waals surface area contributed by atoms with Crippen molar-refractivity contribution in [3.63, 3.8) is 0 Å². The summed E-state index contributed by atoms with van der Waals surface area (Å²) in [6.07, 6.45) is 0. The quantitative estimate of drug-likeness (QED) is 0.853. The molecule has 0 fully saturated rings. The molecule has 1 heterocycles. The lowest BCUT2D eigenvalue weighted by Gasteiger charge is -2.15. The number of amides is 1. The van der Waals surface area contributed by atoms with Gasteiger partial charge in [-0.2, -0.15) is 0 Å². The van der Waals surface area contributed by atoms with E-state index in [1.165, 1.54) is 11.3 Å². The van der Waals surface area contributed by atoms with Gasteiger partial charge >= 0.3 is 0 Å². The summed E-state index contributed by atoms with van der Waals surface area (Å²) in [5, 5.41) is 2.82. The minimum absolute atomic E-state index is 0.0259. The zero-order valence-electron chi connectivity index (χ0n) is 7.93. The van der Waals surface area contributed by atoms with E-state index in [2.05, 4.69) is 21.2 Å². The van der Waals surface area contributed by atoms with Gasteiger partial charge in [0, 0.05) is 4.88 Å². The number of hydrogen-bond donors (Lipinski definition) is 1. The zero-order valence-corrected chi connectivity index (χ0v) is 11.1. The van der Waals surface area contributed by atoms with Crippen molar-refractivity contribution in [1.82, 2.24) is 5.32 Å². The summed E-state index contributed by atoms with van der Waals surface area (Å²) in [4.78, 5) is 12.5. The summed E-state index contributed by atoms with van der Waals surface area (Å²) in [6, 6.07) is 3.74. The molecule has 0 aliphatic heterocycles. The van der Waals surface area contributed by atoms with E-state index in [4.69, 9.17) is 11.6 Å². The molecule has 0 saturated carbocycles. The maximum absolute atomic E-state index is 11.5. The van der Waals surface area contributed by atoms with E-state index in [1.54, 1.807) is 0 Å². The van der Waals surface area contributed by atoms with Crippen LogP contribution in [0.4, 0.5) is 0 Å². The van der Waals surface area contributed by atoms with Crippen LogP contribution in [0.1, 0.15) is 18.7 Å². The van der Waals surface area contributed by atoms with Crippen molar-refractivity contribution in [3.05, 3.63) is 21.3 Å². The van der Waals surface area contributed by atoms with Gasteiger partial charge in [-0.1, -0.05) is 27.5 Å². The van der Waals surface area contributed by atoms with E-state index in [9.17, 15) is 4.79 Å². The Kier molecular flexibility index (Phi) is 3.98. The van der Waals surface area contributed by atoms with Crippen LogP contribution in [0.3, 0.4) is 0 Å². The number of alkyl halides is 1. The molecule has 0 atom stereocenters. The van der Waals surface area contributed by atoms with Crippen molar-refractivity contribution < 1.29 is 4.79 Å². The van der Waals surface area contributed by atoms with Gasteiger partial charge in [0.05, 0.1) is 15.2 Å². The summed E-state index contributed by atoms with van der Waals surface area (Å²) in [5.74, 6) is -0.0259. The second kappa shape index (κ2) is 4.64. The molecule has 1 aromatic rings. The molecule has 0 bridgehead atoms. The van der Waals surface area contributed by atoms with Crippen molar-refractivity contribution >= 4 is 44.8 Å². The summed E-state index contributed by atoms with van der Waals surface area (Å²) in [6.45, 7) is 4.15. The molecule has 0 aromatic carbocycles. The minimum Gasteiger partial charge on any atom is -0.350 e. The van der Waals surface area contributed by atoms with Gasteiger partial charge in [0.1, 0.15) is 0 Å². The Hall–Kier alpha value is -0.0600. The number of thiophene rings is 1. The predicted molar refractivity (Wildman–Crippen MR) is 64.2 cm³/mol. The SMILES string of the molecule is CC(C)(Br)C(=O)NCc1ccc(Cl)s1. The second-order valence-corrected chi connectivity index (χ2v) is 7.14. The lowest BCUT2D eigenvalue weighted by Crippen LogP contribution is -2.36. The lowest BCUT2D eigenvalue weighted by molar-refractivity contribution is -0.122. The maximum atomic E-state index is 11.5. The summed E-state index contributed by atoms with van der Waals surface area (Å²) >= 11 is 10.5. The van der Waals surface area contributed by atoms with Crippen LogP contribution in [-0.2, 0) is 11.3 Å². The van der Waals surface area contributed by atoms with Gasteiger partial charge in [0.15, 0.2) is 0 Å². The first-order valence-electron chi connectivity index (χ1n) is 4.11. The third kappa shape index (κ3) is 3.59. The molecule has 1 N–H and O–H groups in total. The average Bonchev–Trinajstić information content (AvgIpc) is 2.45. The molecule has 0 aliphatic carbocycles. The number of hydrogen-bond acceptors (Lipinski definition) is 2. The highest BCUT2D eigenvalue weighted by molar-refractivity contribution is 9.10. The molecule has 1 amide bonds. The third-order valence-corrected chi connectivity index (χ3v) is 3.18.